The average molecular weight is 282 g/mol. The molecular weight excluding hydrogens is 260 g/mol. The van der Waals surface area contributed by atoms with Crippen molar-refractivity contribution in [2.45, 2.75) is 19.8 Å². The normalized spacial score (nSPS) is 26.6. The number of hydrogen-bond donors (Lipinski definition) is 1. The third-order valence-corrected chi connectivity index (χ3v) is 4.16. The topological polar surface area (TPSA) is 70.1 Å². The maximum Gasteiger partial charge on any atom is 0.320 e. The Hall–Kier alpha value is -1.56. The Bertz CT molecular complexity index is 435. The fraction of sp³-hybridized carbons (Fsp3) is 0.714. The molecule has 2 heterocycles. The molecule has 1 atom stereocenters. The number of aliphatic carboxylic acids is 1. The number of carbonyl (C=O) groups is 2. The highest BCUT2D eigenvalue weighted by atomic mass is 16.5. The number of carboxylic acids is 1. The Morgan fingerprint density at radius 2 is 2.15 bits per heavy atom. The highest BCUT2D eigenvalue weighted by molar-refractivity contribution is 5.79. The first kappa shape index (κ1) is 14.8. The number of carboxylic acid groups (broad SMARTS) is 1. The van der Waals surface area contributed by atoms with E-state index in [-0.39, 0.29) is 6.03 Å². The van der Waals surface area contributed by atoms with Crippen LogP contribution in [0.1, 0.15) is 19.8 Å². The molecule has 20 heavy (non-hydrogen) atoms. The molecular formula is C14H22N2O4. The van der Waals surface area contributed by atoms with E-state index in [0.717, 1.165) is 6.42 Å². The smallest absolute Gasteiger partial charge is 0.320 e. The molecule has 2 amide bonds. The van der Waals surface area contributed by atoms with Crippen LogP contribution in [-0.4, -0.2) is 66.8 Å². The minimum absolute atomic E-state index is 0.0531. The highest BCUT2D eigenvalue weighted by Gasteiger charge is 2.43. The molecule has 1 saturated heterocycles. The number of nitrogens with zero attached hydrogens (tertiary/aromatic N) is 2. The molecule has 0 aliphatic carbocycles. The molecule has 0 saturated carbocycles. The molecule has 0 aromatic heterocycles. The number of likely N-dealkylation sites (tertiary alicyclic amines) is 1. The van der Waals surface area contributed by atoms with Crippen molar-refractivity contribution in [3.63, 3.8) is 0 Å². The highest BCUT2D eigenvalue weighted by Crippen LogP contribution is 2.31. The molecule has 0 aromatic carbocycles. The van der Waals surface area contributed by atoms with Gasteiger partial charge in [0.25, 0.3) is 0 Å². The summed E-state index contributed by atoms with van der Waals surface area (Å²) in [4.78, 5) is 27.0. The van der Waals surface area contributed by atoms with Gasteiger partial charge in [-0.25, -0.2) is 4.79 Å². The molecule has 1 unspecified atom stereocenters. The number of amides is 2. The van der Waals surface area contributed by atoms with Crippen molar-refractivity contribution in [3.05, 3.63) is 11.6 Å². The molecule has 0 radical (unpaired) electrons. The minimum Gasteiger partial charge on any atom is -0.481 e. The summed E-state index contributed by atoms with van der Waals surface area (Å²) in [5.74, 6) is -0.825. The molecule has 6 heteroatoms. The summed E-state index contributed by atoms with van der Waals surface area (Å²) in [5.41, 5.74) is 0.413. The number of methoxy groups -OCH3 is 1. The van der Waals surface area contributed by atoms with Crippen LogP contribution in [-0.2, 0) is 9.53 Å². The Morgan fingerprint density at radius 3 is 2.65 bits per heavy atom. The van der Waals surface area contributed by atoms with Gasteiger partial charge < -0.3 is 19.6 Å². The largest absolute Gasteiger partial charge is 0.481 e. The van der Waals surface area contributed by atoms with Crippen LogP contribution in [0.4, 0.5) is 4.79 Å². The lowest BCUT2D eigenvalue weighted by Crippen LogP contribution is -2.45. The van der Waals surface area contributed by atoms with Crippen molar-refractivity contribution >= 4 is 12.0 Å². The first-order chi connectivity index (χ1) is 9.46. The van der Waals surface area contributed by atoms with Crippen LogP contribution in [0, 0.1) is 5.41 Å². The van der Waals surface area contributed by atoms with Crippen LogP contribution in [0.15, 0.2) is 11.6 Å². The van der Waals surface area contributed by atoms with E-state index in [1.54, 1.807) is 23.8 Å². The van der Waals surface area contributed by atoms with Gasteiger partial charge in [-0.3, -0.25) is 4.79 Å². The lowest BCUT2D eigenvalue weighted by Gasteiger charge is -2.31. The third-order valence-electron chi connectivity index (χ3n) is 4.16. The van der Waals surface area contributed by atoms with Gasteiger partial charge in [-0.15, -0.1) is 0 Å². The molecule has 0 spiro atoms. The second kappa shape index (κ2) is 5.83. The zero-order valence-electron chi connectivity index (χ0n) is 12.1. The van der Waals surface area contributed by atoms with Crippen molar-refractivity contribution in [1.82, 2.24) is 9.80 Å². The standard InChI is InChI=1S/C14H22N2O4/c1-14(12(17)18)5-8-16(10-14)13(19)15-6-3-11(4-7-15)9-20-2/h3H,4-10H2,1-2H3,(H,17,18). The number of rotatable bonds is 3. The Morgan fingerprint density at radius 1 is 1.40 bits per heavy atom. The summed E-state index contributed by atoms with van der Waals surface area (Å²) in [6.45, 7) is 4.39. The zero-order chi connectivity index (χ0) is 14.8. The summed E-state index contributed by atoms with van der Waals surface area (Å²) in [7, 11) is 1.66. The van der Waals surface area contributed by atoms with Gasteiger partial charge in [-0.2, -0.15) is 0 Å². The van der Waals surface area contributed by atoms with Crippen LogP contribution >= 0.6 is 0 Å². The van der Waals surface area contributed by atoms with E-state index >= 15 is 0 Å². The van der Waals surface area contributed by atoms with Crippen LogP contribution in [0.2, 0.25) is 0 Å². The quantitative estimate of drug-likeness (QED) is 0.789. The summed E-state index contributed by atoms with van der Waals surface area (Å²) >= 11 is 0. The second-order valence-corrected chi connectivity index (χ2v) is 5.81. The molecule has 0 aromatic rings. The van der Waals surface area contributed by atoms with Crippen molar-refractivity contribution in [2.75, 3.05) is 39.9 Å². The summed E-state index contributed by atoms with van der Waals surface area (Å²) in [6, 6.07) is -0.0531. The molecule has 2 aliphatic rings. The van der Waals surface area contributed by atoms with Crippen molar-refractivity contribution < 1.29 is 19.4 Å². The van der Waals surface area contributed by atoms with Gasteiger partial charge in [0.05, 0.1) is 12.0 Å². The van der Waals surface area contributed by atoms with Gasteiger partial charge in [-0.1, -0.05) is 6.08 Å². The molecule has 112 valence electrons. The maximum absolute atomic E-state index is 12.4. The number of urea groups is 1. The van der Waals surface area contributed by atoms with E-state index in [1.807, 2.05) is 6.08 Å². The molecule has 2 rings (SSSR count). The van der Waals surface area contributed by atoms with Crippen molar-refractivity contribution in [1.29, 1.82) is 0 Å². The van der Waals surface area contributed by atoms with Crippen molar-refractivity contribution in [2.24, 2.45) is 5.41 Å². The van der Waals surface area contributed by atoms with Gasteiger partial charge >= 0.3 is 12.0 Å². The number of ether oxygens (including phenoxy) is 1. The monoisotopic (exact) mass is 282 g/mol. The zero-order valence-corrected chi connectivity index (χ0v) is 12.1. The Labute approximate surface area is 119 Å². The van der Waals surface area contributed by atoms with Gasteiger partial charge in [0.2, 0.25) is 0 Å². The van der Waals surface area contributed by atoms with Gasteiger partial charge in [0, 0.05) is 33.3 Å². The number of hydrogen-bond acceptors (Lipinski definition) is 3. The Balaban J connectivity index is 1.92. The summed E-state index contributed by atoms with van der Waals surface area (Å²) in [6.07, 6.45) is 3.37. The van der Waals surface area contributed by atoms with Gasteiger partial charge in [-0.05, 0) is 25.3 Å². The lowest BCUT2D eigenvalue weighted by molar-refractivity contribution is -0.147. The van der Waals surface area contributed by atoms with Crippen LogP contribution in [0.3, 0.4) is 0 Å². The second-order valence-electron chi connectivity index (χ2n) is 5.81. The first-order valence-electron chi connectivity index (χ1n) is 6.90. The van der Waals surface area contributed by atoms with E-state index in [9.17, 15) is 14.7 Å². The van der Waals surface area contributed by atoms with Gasteiger partial charge in [0.15, 0.2) is 0 Å². The van der Waals surface area contributed by atoms with Gasteiger partial charge in [0.1, 0.15) is 0 Å². The molecule has 1 N–H and O–H groups in total. The fourth-order valence-corrected chi connectivity index (χ4v) is 2.70. The van der Waals surface area contributed by atoms with E-state index in [0.29, 0.717) is 39.2 Å². The molecule has 1 fully saturated rings. The predicted octanol–water partition coefficient (Wildman–Crippen LogP) is 1.18. The minimum atomic E-state index is -0.825. The van der Waals surface area contributed by atoms with Crippen LogP contribution in [0.5, 0.6) is 0 Å². The summed E-state index contributed by atoms with van der Waals surface area (Å²) in [5, 5.41) is 9.20. The SMILES string of the molecule is COCC1=CCN(C(=O)N2CCC(C)(C(=O)O)C2)CC1. The van der Waals surface area contributed by atoms with Crippen molar-refractivity contribution in [3.8, 4) is 0 Å². The van der Waals surface area contributed by atoms with E-state index < -0.39 is 11.4 Å². The van der Waals surface area contributed by atoms with E-state index in [1.165, 1.54) is 5.57 Å². The molecule has 2 aliphatic heterocycles. The average Bonchev–Trinajstić information content (AvgIpc) is 2.83. The summed E-state index contributed by atoms with van der Waals surface area (Å²) < 4.78 is 5.08. The maximum atomic E-state index is 12.4. The number of carbonyl (C=O) groups excluding carboxylic acids is 1. The van der Waals surface area contributed by atoms with E-state index in [4.69, 9.17) is 4.74 Å². The van der Waals surface area contributed by atoms with E-state index in [2.05, 4.69) is 0 Å². The van der Waals surface area contributed by atoms with Crippen LogP contribution < -0.4 is 0 Å². The Kier molecular flexibility index (Phi) is 4.32. The fourth-order valence-electron chi connectivity index (χ4n) is 2.70. The molecule has 0 bridgehead atoms. The predicted molar refractivity (Wildman–Crippen MR) is 73.5 cm³/mol. The van der Waals surface area contributed by atoms with Crippen LogP contribution in [0.25, 0.3) is 0 Å². The first-order valence-corrected chi connectivity index (χ1v) is 6.90. The lowest BCUT2D eigenvalue weighted by atomic mass is 9.90. The molecule has 6 nitrogen and oxygen atoms in total. The third kappa shape index (κ3) is 2.95.